The topological polar surface area (TPSA) is 109 Å². The van der Waals surface area contributed by atoms with E-state index >= 15 is 0 Å². The molecule has 32 heavy (non-hydrogen) atoms. The van der Waals surface area contributed by atoms with Crippen LogP contribution in [0, 0.1) is 5.82 Å². The Labute approximate surface area is 193 Å². The van der Waals surface area contributed by atoms with Gasteiger partial charge < -0.3 is 19.8 Å². The van der Waals surface area contributed by atoms with Crippen molar-refractivity contribution in [3.8, 4) is 5.88 Å². The van der Waals surface area contributed by atoms with E-state index in [9.17, 15) is 14.0 Å². The fourth-order valence-corrected chi connectivity index (χ4v) is 4.72. The SMILES string of the molecule is CSc1nc2c(F)c(Cl)nc(OC[C@H]3NC[C@@H]4CC[C@H]3N4C(=O)OC(C)(C)C)c2c(=O)[nH]1. The number of ether oxygens (including phenoxy) is 2. The number of pyridine rings is 1. The molecule has 4 rings (SSSR count). The normalized spacial score (nSPS) is 22.9. The molecule has 0 unspecified atom stereocenters. The molecule has 3 atom stereocenters. The van der Waals surface area contributed by atoms with E-state index < -0.39 is 22.1 Å². The summed E-state index contributed by atoms with van der Waals surface area (Å²) >= 11 is 7.11. The molecule has 2 aromatic heterocycles. The zero-order valence-electron chi connectivity index (χ0n) is 18.2. The van der Waals surface area contributed by atoms with Gasteiger partial charge in [-0.25, -0.2) is 14.2 Å². The number of thioether (sulfide) groups is 1. The Kier molecular flexibility index (Phi) is 6.25. The molecule has 12 heteroatoms. The van der Waals surface area contributed by atoms with Crippen molar-refractivity contribution in [3.63, 3.8) is 0 Å². The number of nitrogens with zero attached hydrogens (tertiary/aromatic N) is 3. The fourth-order valence-electron chi connectivity index (χ4n) is 4.17. The van der Waals surface area contributed by atoms with Crippen molar-refractivity contribution in [2.75, 3.05) is 19.4 Å². The zero-order valence-corrected chi connectivity index (χ0v) is 19.8. The number of aromatic nitrogens is 3. The summed E-state index contributed by atoms with van der Waals surface area (Å²) in [5.74, 6) is -0.973. The summed E-state index contributed by atoms with van der Waals surface area (Å²) in [6.45, 7) is 6.20. The molecular weight excluding hydrogens is 461 g/mol. The molecule has 2 aliphatic heterocycles. The number of carbonyl (C=O) groups is 1. The molecular formula is C20H25ClFN5O4S. The molecule has 4 heterocycles. The number of nitrogens with one attached hydrogen (secondary N) is 2. The van der Waals surface area contributed by atoms with Crippen LogP contribution in [0.4, 0.5) is 9.18 Å². The van der Waals surface area contributed by atoms with E-state index in [-0.39, 0.29) is 52.8 Å². The van der Waals surface area contributed by atoms with Crippen molar-refractivity contribution in [3.05, 3.63) is 21.3 Å². The summed E-state index contributed by atoms with van der Waals surface area (Å²) in [5.41, 5.74) is -1.35. The van der Waals surface area contributed by atoms with Gasteiger partial charge in [0.25, 0.3) is 5.56 Å². The number of amides is 1. The summed E-state index contributed by atoms with van der Waals surface area (Å²) in [6.07, 6.45) is 3.01. The molecule has 2 bridgehead atoms. The van der Waals surface area contributed by atoms with Crippen molar-refractivity contribution >= 4 is 40.4 Å². The van der Waals surface area contributed by atoms with Crippen molar-refractivity contribution in [1.82, 2.24) is 25.2 Å². The minimum atomic E-state index is -0.874. The first-order valence-electron chi connectivity index (χ1n) is 10.3. The average molecular weight is 486 g/mol. The van der Waals surface area contributed by atoms with Crippen LogP contribution in [0.3, 0.4) is 0 Å². The third kappa shape index (κ3) is 4.38. The molecule has 0 aliphatic carbocycles. The summed E-state index contributed by atoms with van der Waals surface area (Å²) in [7, 11) is 0. The highest BCUT2D eigenvalue weighted by Crippen LogP contribution is 2.33. The van der Waals surface area contributed by atoms with Crippen LogP contribution in [0.1, 0.15) is 33.6 Å². The standard InChI is InChI=1S/C20H25ClFN5O4S/c1-20(2,3)31-19(29)27-9-5-6-11(27)10(23-7-9)8-30-17-12-14(13(22)15(21)25-17)24-18(32-4)26-16(12)28/h9-11,23H,5-8H2,1-4H3,(H,24,26,28)/t9-,10+,11+/m0/s1. The molecule has 1 amide bonds. The number of H-pyrrole nitrogens is 1. The summed E-state index contributed by atoms with van der Waals surface area (Å²) in [4.78, 5) is 37.7. The monoisotopic (exact) mass is 485 g/mol. The molecule has 9 nitrogen and oxygen atoms in total. The first-order valence-corrected chi connectivity index (χ1v) is 11.9. The van der Waals surface area contributed by atoms with Gasteiger partial charge in [0, 0.05) is 12.6 Å². The zero-order chi connectivity index (χ0) is 23.2. The molecule has 174 valence electrons. The maximum Gasteiger partial charge on any atom is 0.410 e. The van der Waals surface area contributed by atoms with Crippen molar-refractivity contribution in [2.45, 2.75) is 62.5 Å². The fraction of sp³-hybridized carbons (Fsp3) is 0.600. The van der Waals surface area contributed by atoms with Gasteiger partial charge in [-0.15, -0.1) is 0 Å². The van der Waals surface area contributed by atoms with Crippen LogP contribution in [0.2, 0.25) is 5.15 Å². The summed E-state index contributed by atoms with van der Waals surface area (Å²) in [6, 6.07) is -0.299. The Morgan fingerprint density at radius 3 is 2.78 bits per heavy atom. The first-order chi connectivity index (χ1) is 15.1. The van der Waals surface area contributed by atoms with Gasteiger partial charge in [-0.05, 0) is 39.9 Å². The van der Waals surface area contributed by atoms with Gasteiger partial charge in [0.15, 0.2) is 16.1 Å². The Hall–Kier alpha value is -2.11. The molecule has 0 radical (unpaired) electrons. The van der Waals surface area contributed by atoms with Crippen molar-refractivity contribution in [1.29, 1.82) is 0 Å². The Morgan fingerprint density at radius 2 is 2.09 bits per heavy atom. The number of hydrogen-bond acceptors (Lipinski definition) is 8. The minimum Gasteiger partial charge on any atom is -0.475 e. The van der Waals surface area contributed by atoms with Crippen LogP contribution in [-0.4, -0.2) is 69.1 Å². The lowest BCUT2D eigenvalue weighted by Crippen LogP contribution is -2.61. The van der Waals surface area contributed by atoms with Crippen LogP contribution in [0.25, 0.3) is 10.9 Å². The number of hydrogen-bond donors (Lipinski definition) is 2. The van der Waals surface area contributed by atoms with Crippen LogP contribution in [-0.2, 0) is 4.74 Å². The molecule has 2 saturated heterocycles. The molecule has 0 aromatic carbocycles. The number of aromatic amines is 1. The Bertz CT molecular complexity index is 1110. The van der Waals surface area contributed by atoms with Crippen LogP contribution in [0.5, 0.6) is 5.88 Å². The lowest BCUT2D eigenvalue weighted by molar-refractivity contribution is 0.00115. The molecule has 2 fully saturated rings. The Morgan fingerprint density at radius 1 is 1.34 bits per heavy atom. The molecule has 2 N–H and O–H groups in total. The second kappa shape index (κ2) is 8.68. The lowest BCUT2D eigenvalue weighted by atomic mass is 10.1. The minimum absolute atomic E-state index is 0.0577. The number of halogens is 2. The second-order valence-electron chi connectivity index (χ2n) is 8.83. The van der Waals surface area contributed by atoms with Gasteiger partial charge in [0.1, 0.15) is 23.1 Å². The van der Waals surface area contributed by atoms with E-state index in [1.54, 1.807) is 11.2 Å². The summed E-state index contributed by atoms with van der Waals surface area (Å²) in [5, 5.41) is 3.12. The predicted octanol–water partition coefficient (Wildman–Crippen LogP) is 2.95. The van der Waals surface area contributed by atoms with Gasteiger partial charge >= 0.3 is 6.09 Å². The highest BCUT2D eigenvalue weighted by atomic mass is 35.5. The van der Waals surface area contributed by atoms with E-state index in [0.29, 0.717) is 6.54 Å². The van der Waals surface area contributed by atoms with Crippen LogP contribution >= 0.6 is 23.4 Å². The van der Waals surface area contributed by atoms with Crippen molar-refractivity contribution < 1.29 is 18.7 Å². The van der Waals surface area contributed by atoms with Crippen LogP contribution < -0.4 is 15.6 Å². The maximum absolute atomic E-state index is 14.5. The number of fused-ring (bicyclic) bond motifs is 3. The van der Waals surface area contributed by atoms with Gasteiger partial charge in [0.2, 0.25) is 5.88 Å². The number of piperazine rings is 1. The van der Waals surface area contributed by atoms with E-state index in [1.807, 2.05) is 20.8 Å². The predicted molar refractivity (Wildman–Crippen MR) is 119 cm³/mol. The number of rotatable bonds is 4. The number of carbonyl (C=O) groups excluding carboxylic acids is 1. The third-order valence-electron chi connectivity index (χ3n) is 5.52. The van der Waals surface area contributed by atoms with Gasteiger partial charge in [-0.1, -0.05) is 23.4 Å². The second-order valence-corrected chi connectivity index (χ2v) is 9.99. The van der Waals surface area contributed by atoms with E-state index in [2.05, 4.69) is 20.3 Å². The van der Waals surface area contributed by atoms with E-state index in [1.165, 1.54) is 11.8 Å². The first kappa shape index (κ1) is 23.1. The van der Waals surface area contributed by atoms with Gasteiger partial charge in [-0.3, -0.25) is 9.69 Å². The van der Waals surface area contributed by atoms with Crippen molar-refractivity contribution in [2.24, 2.45) is 0 Å². The smallest absolute Gasteiger partial charge is 0.410 e. The molecule has 2 aliphatic rings. The third-order valence-corrected chi connectivity index (χ3v) is 6.35. The highest BCUT2D eigenvalue weighted by Gasteiger charge is 2.46. The Balaban J connectivity index is 1.58. The largest absolute Gasteiger partial charge is 0.475 e. The maximum atomic E-state index is 14.5. The molecule has 0 spiro atoms. The van der Waals surface area contributed by atoms with Gasteiger partial charge in [-0.2, -0.15) is 4.98 Å². The molecule has 2 aromatic rings. The summed E-state index contributed by atoms with van der Waals surface area (Å²) < 4.78 is 26.0. The van der Waals surface area contributed by atoms with Gasteiger partial charge in [0.05, 0.1) is 12.1 Å². The quantitative estimate of drug-likeness (QED) is 0.386. The van der Waals surface area contributed by atoms with E-state index in [4.69, 9.17) is 21.1 Å². The molecule has 0 saturated carbocycles. The lowest BCUT2D eigenvalue weighted by Gasteiger charge is -2.40. The average Bonchev–Trinajstić information content (AvgIpc) is 3.03. The van der Waals surface area contributed by atoms with Crippen LogP contribution in [0.15, 0.2) is 9.95 Å². The van der Waals surface area contributed by atoms with E-state index in [0.717, 1.165) is 12.8 Å². The highest BCUT2D eigenvalue weighted by molar-refractivity contribution is 7.98.